The lowest BCUT2D eigenvalue weighted by Crippen LogP contribution is -2.62. The molecule has 0 aromatic heterocycles. The maximum absolute atomic E-state index is 13.5. The van der Waals surface area contributed by atoms with Gasteiger partial charge in [-0.3, -0.25) is 4.79 Å². The molecule has 23 heavy (non-hydrogen) atoms. The molecule has 1 amide bonds. The van der Waals surface area contributed by atoms with Gasteiger partial charge in [0.05, 0.1) is 5.41 Å². The van der Waals surface area contributed by atoms with Crippen LogP contribution in [0.5, 0.6) is 0 Å². The Morgan fingerprint density at radius 2 is 1.96 bits per heavy atom. The highest BCUT2D eigenvalue weighted by atomic mass is 35.5. The molecule has 4 nitrogen and oxygen atoms in total. The summed E-state index contributed by atoms with van der Waals surface area (Å²) in [7, 11) is 0. The predicted molar refractivity (Wildman–Crippen MR) is 91.8 cm³/mol. The van der Waals surface area contributed by atoms with Crippen LogP contribution in [-0.4, -0.2) is 49.2 Å². The number of ether oxygens (including phenoxy) is 1. The van der Waals surface area contributed by atoms with E-state index < -0.39 is 5.41 Å². The Labute approximate surface area is 143 Å². The molecule has 0 aliphatic carbocycles. The average molecular weight is 337 g/mol. The van der Waals surface area contributed by atoms with E-state index in [1.54, 1.807) is 0 Å². The number of hydrogen-bond donors (Lipinski definition) is 1. The van der Waals surface area contributed by atoms with Crippen molar-refractivity contribution in [2.75, 3.05) is 32.8 Å². The highest BCUT2D eigenvalue weighted by Gasteiger charge is 2.46. The number of rotatable bonds is 2. The van der Waals surface area contributed by atoms with Gasteiger partial charge in [0.15, 0.2) is 0 Å². The number of carbonyl (C=O) groups is 1. The van der Waals surface area contributed by atoms with Crippen molar-refractivity contribution in [3.63, 3.8) is 0 Å². The third-order valence-electron chi connectivity index (χ3n) is 5.00. The molecule has 0 atom stereocenters. The molecule has 0 unspecified atom stereocenters. The number of nitrogens with one attached hydrogen (secondary N) is 1. The normalized spacial score (nSPS) is 23.5. The summed E-state index contributed by atoms with van der Waals surface area (Å²) >= 11 is 6.46. The van der Waals surface area contributed by atoms with Crippen molar-refractivity contribution in [1.82, 2.24) is 10.2 Å². The topological polar surface area (TPSA) is 41.6 Å². The highest BCUT2D eigenvalue weighted by molar-refractivity contribution is 6.31. The van der Waals surface area contributed by atoms with Crippen molar-refractivity contribution in [1.29, 1.82) is 0 Å². The number of carbonyl (C=O) groups excluding carboxylic acids is 1. The van der Waals surface area contributed by atoms with E-state index in [2.05, 4.69) is 19.2 Å². The van der Waals surface area contributed by atoms with E-state index in [9.17, 15) is 4.79 Å². The Balaban J connectivity index is 1.96. The quantitative estimate of drug-likeness (QED) is 0.902. The first-order valence-electron chi connectivity index (χ1n) is 8.32. The number of piperazine rings is 1. The van der Waals surface area contributed by atoms with Gasteiger partial charge in [-0.1, -0.05) is 29.8 Å². The Hall–Kier alpha value is -1.10. The minimum atomic E-state index is -0.552. The summed E-state index contributed by atoms with van der Waals surface area (Å²) in [5, 5.41) is 4.14. The van der Waals surface area contributed by atoms with Crippen LogP contribution in [-0.2, 0) is 14.9 Å². The maximum Gasteiger partial charge on any atom is 0.233 e. The summed E-state index contributed by atoms with van der Waals surface area (Å²) in [4.78, 5) is 15.5. The zero-order valence-corrected chi connectivity index (χ0v) is 14.7. The van der Waals surface area contributed by atoms with Crippen LogP contribution in [0.4, 0.5) is 0 Å². The summed E-state index contributed by atoms with van der Waals surface area (Å²) in [5.41, 5.74) is 0.344. The van der Waals surface area contributed by atoms with E-state index in [1.165, 1.54) is 0 Å². The largest absolute Gasteiger partial charge is 0.381 e. The molecule has 1 aromatic rings. The Morgan fingerprint density at radius 1 is 1.26 bits per heavy atom. The van der Waals surface area contributed by atoms with Crippen LogP contribution in [0.15, 0.2) is 24.3 Å². The van der Waals surface area contributed by atoms with Crippen molar-refractivity contribution in [2.24, 2.45) is 0 Å². The fourth-order valence-electron chi connectivity index (χ4n) is 3.78. The number of amides is 1. The smallest absolute Gasteiger partial charge is 0.233 e. The molecule has 0 radical (unpaired) electrons. The molecule has 0 saturated carbocycles. The van der Waals surface area contributed by atoms with Crippen LogP contribution in [0.2, 0.25) is 5.02 Å². The van der Waals surface area contributed by atoms with Crippen LogP contribution in [0.25, 0.3) is 0 Å². The van der Waals surface area contributed by atoms with Crippen molar-refractivity contribution < 1.29 is 9.53 Å². The second-order valence-electron chi connectivity index (χ2n) is 7.21. The molecular weight excluding hydrogens is 312 g/mol. The molecule has 3 rings (SSSR count). The SMILES string of the molecule is CC1(C)CN(C(=O)C2(c3ccccc3Cl)CCOCC2)CCN1. The number of hydrogen-bond acceptors (Lipinski definition) is 3. The van der Waals surface area contributed by atoms with Crippen molar-refractivity contribution in [3.05, 3.63) is 34.9 Å². The lowest BCUT2D eigenvalue weighted by atomic mass is 9.72. The Bertz CT molecular complexity index is 582. The Kier molecular flexibility index (Phi) is 4.68. The van der Waals surface area contributed by atoms with Gasteiger partial charge in [0.25, 0.3) is 0 Å². The summed E-state index contributed by atoms with van der Waals surface area (Å²) in [6.45, 7) is 7.78. The van der Waals surface area contributed by atoms with E-state index in [0.29, 0.717) is 31.1 Å². The van der Waals surface area contributed by atoms with E-state index in [4.69, 9.17) is 16.3 Å². The number of nitrogens with zero attached hydrogens (tertiary/aromatic N) is 1. The van der Waals surface area contributed by atoms with Gasteiger partial charge in [-0.15, -0.1) is 0 Å². The third kappa shape index (κ3) is 3.25. The molecule has 1 N–H and O–H groups in total. The molecule has 0 spiro atoms. The minimum absolute atomic E-state index is 0.0548. The van der Waals surface area contributed by atoms with Crippen molar-refractivity contribution in [3.8, 4) is 0 Å². The van der Waals surface area contributed by atoms with E-state index in [1.807, 2.05) is 29.2 Å². The van der Waals surface area contributed by atoms with E-state index >= 15 is 0 Å². The molecule has 2 aliphatic rings. The fourth-order valence-corrected chi connectivity index (χ4v) is 4.10. The highest BCUT2D eigenvalue weighted by Crippen LogP contribution is 2.40. The second-order valence-corrected chi connectivity index (χ2v) is 7.62. The molecule has 5 heteroatoms. The zero-order chi connectivity index (χ0) is 16.5. The summed E-state index contributed by atoms with van der Waals surface area (Å²) < 4.78 is 5.54. The minimum Gasteiger partial charge on any atom is -0.381 e. The fraction of sp³-hybridized carbons (Fsp3) is 0.611. The van der Waals surface area contributed by atoms with Crippen LogP contribution in [0.1, 0.15) is 32.3 Å². The van der Waals surface area contributed by atoms with Crippen molar-refractivity contribution in [2.45, 2.75) is 37.6 Å². The summed E-state index contributed by atoms with van der Waals surface area (Å²) in [5.74, 6) is 0.198. The van der Waals surface area contributed by atoms with E-state index in [0.717, 1.165) is 25.2 Å². The van der Waals surface area contributed by atoms with Crippen LogP contribution in [0, 0.1) is 0 Å². The standard InChI is InChI=1S/C18H25ClN2O2/c1-17(2)13-21(10-9-20-17)16(22)18(7-11-23-12-8-18)14-5-3-4-6-15(14)19/h3-6,20H,7-13H2,1-2H3. The molecule has 2 heterocycles. The van der Waals surface area contributed by atoms with Gasteiger partial charge >= 0.3 is 0 Å². The predicted octanol–water partition coefficient (Wildman–Crippen LogP) is 2.60. The molecule has 2 aliphatic heterocycles. The number of halogens is 1. The second kappa shape index (κ2) is 6.42. The van der Waals surface area contributed by atoms with Crippen molar-refractivity contribution >= 4 is 17.5 Å². The van der Waals surface area contributed by atoms with Crippen LogP contribution < -0.4 is 5.32 Å². The third-order valence-corrected chi connectivity index (χ3v) is 5.33. The first kappa shape index (κ1) is 16.7. The van der Waals surface area contributed by atoms with Gasteiger partial charge < -0.3 is 15.0 Å². The lowest BCUT2D eigenvalue weighted by molar-refractivity contribution is -0.143. The molecule has 126 valence electrons. The monoisotopic (exact) mass is 336 g/mol. The first-order valence-corrected chi connectivity index (χ1v) is 8.70. The zero-order valence-electron chi connectivity index (χ0n) is 13.9. The number of benzene rings is 1. The van der Waals surface area contributed by atoms with Gasteiger partial charge in [-0.05, 0) is 38.3 Å². The molecule has 2 saturated heterocycles. The average Bonchev–Trinajstić information content (AvgIpc) is 2.54. The summed E-state index contributed by atoms with van der Waals surface area (Å²) in [6.07, 6.45) is 1.39. The van der Waals surface area contributed by atoms with Gasteiger partial charge in [0.1, 0.15) is 0 Å². The molecule has 2 fully saturated rings. The van der Waals surface area contributed by atoms with E-state index in [-0.39, 0.29) is 11.4 Å². The summed E-state index contributed by atoms with van der Waals surface area (Å²) in [6, 6.07) is 7.76. The van der Waals surface area contributed by atoms with Gasteiger partial charge in [0.2, 0.25) is 5.91 Å². The Morgan fingerprint density at radius 3 is 2.61 bits per heavy atom. The van der Waals surface area contributed by atoms with Gasteiger partial charge in [-0.25, -0.2) is 0 Å². The molecular formula is C18H25ClN2O2. The molecule has 1 aromatic carbocycles. The maximum atomic E-state index is 13.5. The first-order chi connectivity index (χ1) is 10.9. The van der Waals surface area contributed by atoms with Crippen LogP contribution in [0.3, 0.4) is 0 Å². The molecule has 0 bridgehead atoms. The van der Waals surface area contributed by atoms with Gasteiger partial charge in [0, 0.05) is 43.4 Å². The van der Waals surface area contributed by atoms with Gasteiger partial charge in [-0.2, -0.15) is 0 Å². The van der Waals surface area contributed by atoms with Crippen LogP contribution >= 0.6 is 11.6 Å². The lowest BCUT2D eigenvalue weighted by Gasteiger charge is -2.45.